The highest BCUT2D eigenvalue weighted by molar-refractivity contribution is 6.08. The monoisotopic (exact) mass is 348 g/mol. The molecule has 0 atom stereocenters. The average Bonchev–Trinajstić information content (AvgIpc) is 2.59. The van der Waals surface area contributed by atoms with Gasteiger partial charge in [0.1, 0.15) is 17.1 Å². The van der Waals surface area contributed by atoms with Gasteiger partial charge in [-0.15, -0.1) is 0 Å². The molecule has 5 nitrogen and oxygen atoms in total. The van der Waals surface area contributed by atoms with Crippen LogP contribution in [-0.2, 0) is 4.79 Å². The van der Waals surface area contributed by atoms with Gasteiger partial charge < -0.3 is 14.6 Å². The molecule has 2 N–H and O–H groups in total. The van der Waals surface area contributed by atoms with Crippen LogP contribution < -0.4 is 5.43 Å². The average molecular weight is 348 g/mol. The molecule has 0 fully saturated rings. The van der Waals surface area contributed by atoms with Gasteiger partial charge in [0, 0.05) is 34.2 Å². The van der Waals surface area contributed by atoms with Gasteiger partial charge in [0.05, 0.1) is 0 Å². The molecule has 1 aromatic rings. The number of allylic oxidation sites excluding steroid dienone is 3. The summed E-state index contributed by atoms with van der Waals surface area (Å²) >= 11 is 0. The van der Waals surface area contributed by atoms with Crippen LogP contribution in [0.5, 0.6) is 5.75 Å². The number of phenolic OH excluding ortho intramolecular Hbond substituents is 1. The standard InChI is InChI=1S/C21H16O5/c1-11-2-5-14(21(24)25)17(8-11)20-15-6-3-12(22)9-18(15)26-19-10-13(23)4-7-16(19)20/h3-4,6-10,22H,2,5H2,1H3,(H,24,25). The Morgan fingerprint density at radius 1 is 1.12 bits per heavy atom. The second-order valence-electron chi connectivity index (χ2n) is 6.50. The van der Waals surface area contributed by atoms with E-state index in [1.165, 1.54) is 24.3 Å². The molecule has 0 radical (unpaired) electrons. The van der Waals surface area contributed by atoms with Crippen LogP contribution in [0.3, 0.4) is 0 Å². The van der Waals surface area contributed by atoms with Crippen LogP contribution in [0.15, 0.2) is 62.8 Å². The van der Waals surface area contributed by atoms with Crippen molar-refractivity contribution in [1.29, 1.82) is 0 Å². The number of rotatable bonds is 2. The van der Waals surface area contributed by atoms with Crippen LogP contribution in [0.25, 0.3) is 27.9 Å². The third kappa shape index (κ3) is 2.58. The summed E-state index contributed by atoms with van der Waals surface area (Å²) in [6.45, 7) is 1.97. The molecule has 2 aliphatic carbocycles. The lowest BCUT2D eigenvalue weighted by atomic mass is 9.84. The predicted molar refractivity (Wildman–Crippen MR) is 98.3 cm³/mol. The van der Waals surface area contributed by atoms with Gasteiger partial charge in [-0.2, -0.15) is 0 Å². The quantitative estimate of drug-likeness (QED) is 0.678. The van der Waals surface area contributed by atoms with E-state index in [1.807, 2.05) is 13.0 Å². The number of carboxylic acid groups (broad SMARTS) is 1. The van der Waals surface area contributed by atoms with E-state index in [-0.39, 0.29) is 11.2 Å². The molecule has 130 valence electrons. The van der Waals surface area contributed by atoms with Crippen LogP contribution in [0.1, 0.15) is 25.3 Å². The first-order valence-electron chi connectivity index (χ1n) is 8.27. The smallest absolute Gasteiger partial charge is 0.332 e. The number of hydrogen-bond acceptors (Lipinski definition) is 4. The minimum absolute atomic E-state index is 0.0348. The van der Waals surface area contributed by atoms with Crippen molar-refractivity contribution in [2.45, 2.75) is 19.8 Å². The van der Waals surface area contributed by atoms with Crippen molar-refractivity contribution >= 4 is 22.5 Å². The number of aliphatic carboxylic acids is 1. The van der Waals surface area contributed by atoms with E-state index in [9.17, 15) is 19.8 Å². The van der Waals surface area contributed by atoms with Gasteiger partial charge in [-0.3, -0.25) is 4.79 Å². The summed E-state index contributed by atoms with van der Waals surface area (Å²) in [6.07, 6.45) is 3.03. The third-order valence-corrected chi connectivity index (χ3v) is 4.69. The summed E-state index contributed by atoms with van der Waals surface area (Å²) in [5.74, 6) is -0.558. The fourth-order valence-corrected chi connectivity index (χ4v) is 3.46. The molecule has 0 spiro atoms. The van der Waals surface area contributed by atoms with E-state index >= 15 is 0 Å². The molecule has 5 heteroatoms. The normalized spacial score (nSPS) is 14.7. The molecule has 0 saturated carbocycles. The first kappa shape index (κ1) is 16.1. The molecule has 0 amide bonds. The van der Waals surface area contributed by atoms with Crippen LogP contribution >= 0.6 is 0 Å². The van der Waals surface area contributed by atoms with Crippen molar-refractivity contribution in [3.05, 3.63) is 69.4 Å². The van der Waals surface area contributed by atoms with E-state index < -0.39 is 5.97 Å². The topological polar surface area (TPSA) is 87.7 Å². The van der Waals surface area contributed by atoms with Crippen molar-refractivity contribution in [2.24, 2.45) is 0 Å². The molecule has 0 unspecified atom stereocenters. The molecular weight excluding hydrogens is 332 g/mol. The first-order chi connectivity index (χ1) is 12.4. The fourth-order valence-electron chi connectivity index (χ4n) is 3.46. The van der Waals surface area contributed by atoms with Crippen molar-refractivity contribution in [3.63, 3.8) is 0 Å². The Morgan fingerprint density at radius 2 is 1.92 bits per heavy atom. The Kier molecular flexibility index (Phi) is 3.65. The number of fused-ring (bicyclic) bond motifs is 2. The first-order valence-corrected chi connectivity index (χ1v) is 8.27. The zero-order valence-corrected chi connectivity index (χ0v) is 14.1. The molecule has 0 bridgehead atoms. The Morgan fingerprint density at radius 3 is 2.69 bits per heavy atom. The number of aromatic hydroxyl groups is 1. The molecule has 0 saturated heterocycles. The molecule has 1 aromatic carbocycles. The lowest BCUT2D eigenvalue weighted by molar-refractivity contribution is -0.132. The zero-order valence-electron chi connectivity index (χ0n) is 14.1. The van der Waals surface area contributed by atoms with Crippen molar-refractivity contribution in [1.82, 2.24) is 0 Å². The predicted octanol–water partition coefficient (Wildman–Crippen LogP) is 4.18. The van der Waals surface area contributed by atoms with Gasteiger partial charge in [0.25, 0.3) is 0 Å². The van der Waals surface area contributed by atoms with Crippen LogP contribution in [0, 0.1) is 0 Å². The highest BCUT2D eigenvalue weighted by Crippen LogP contribution is 2.42. The Hall–Kier alpha value is -3.34. The third-order valence-electron chi connectivity index (χ3n) is 4.69. The molecule has 1 heterocycles. The minimum atomic E-state index is -0.954. The lowest BCUT2D eigenvalue weighted by Crippen LogP contribution is -2.09. The molecule has 3 aliphatic rings. The Bertz CT molecular complexity index is 1150. The molecular formula is C21H16O5. The van der Waals surface area contributed by atoms with E-state index in [2.05, 4.69) is 0 Å². The summed E-state index contributed by atoms with van der Waals surface area (Å²) in [4.78, 5) is 23.6. The molecule has 1 aliphatic heterocycles. The number of carboxylic acids is 1. The summed E-state index contributed by atoms with van der Waals surface area (Å²) in [6, 6.07) is 9.19. The summed E-state index contributed by atoms with van der Waals surface area (Å²) < 4.78 is 5.81. The van der Waals surface area contributed by atoms with E-state index in [0.29, 0.717) is 51.8 Å². The van der Waals surface area contributed by atoms with Gasteiger partial charge in [0.2, 0.25) is 0 Å². The Balaban J connectivity index is 2.20. The molecule has 26 heavy (non-hydrogen) atoms. The van der Waals surface area contributed by atoms with Crippen LogP contribution in [0.4, 0.5) is 0 Å². The zero-order chi connectivity index (χ0) is 18.4. The van der Waals surface area contributed by atoms with Gasteiger partial charge in [-0.1, -0.05) is 11.6 Å². The van der Waals surface area contributed by atoms with Crippen molar-refractivity contribution < 1.29 is 19.4 Å². The van der Waals surface area contributed by atoms with Crippen LogP contribution in [0.2, 0.25) is 0 Å². The number of phenols is 1. The SMILES string of the molecule is CC1=CC(c2c3ccc(=O)cc-3oc3cc(O)ccc23)=C(C(=O)O)CC1. The molecule has 0 aromatic heterocycles. The summed E-state index contributed by atoms with van der Waals surface area (Å²) in [5, 5.41) is 20.2. The van der Waals surface area contributed by atoms with Gasteiger partial charge >= 0.3 is 5.97 Å². The maximum Gasteiger partial charge on any atom is 0.332 e. The summed E-state index contributed by atoms with van der Waals surface area (Å²) in [7, 11) is 0. The van der Waals surface area contributed by atoms with Gasteiger partial charge in [-0.25, -0.2) is 4.79 Å². The van der Waals surface area contributed by atoms with E-state index in [1.54, 1.807) is 12.1 Å². The van der Waals surface area contributed by atoms with Crippen molar-refractivity contribution in [3.8, 4) is 17.1 Å². The highest BCUT2D eigenvalue weighted by Gasteiger charge is 2.25. The van der Waals surface area contributed by atoms with Crippen LogP contribution in [-0.4, -0.2) is 16.2 Å². The second kappa shape index (κ2) is 5.88. The maximum absolute atomic E-state index is 11.8. The molecule has 4 rings (SSSR count). The highest BCUT2D eigenvalue weighted by atomic mass is 16.4. The van der Waals surface area contributed by atoms with Crippen molar-refractivity contribution in [2.75, 3.05) is 0 Å². The van der Waals surface area contributed by atoms with E-state index in [0.717, 1.165) is 5.57 Å². The largest absolute Gasteiger partial charge is 0.508 e. The number of hydrogen-bond donors (Lipinski definition) is 2. The fraction of sp³-hybridized carbons (Fsp3) is 0.143. The van der Waals surface area contributed by atoms with Gasteiger partial charge in [0.15, 0.2) is 5.43 Å². The lowest BCUT2D eigenvalue weighted by Gasteiger charge is -2.21. The number of benzene rings is 2. The number of carbonyl (C=O) groups is 1. The maximum atomic E-state index is 11.8. The summed E-state index contributed by atoms with van der Waals surface area (Å²) in [5.41, 5.74) is 3.62. The minimum Gasteiger partial charge on any atom is -0.508 e. The Labute approximate surface area is 148 Å². The second-order valence-corrected chi connectivity index (χ2v) is 6.50. The van der Waals surface area contributed by atoms with Gasteiger partial charge in [-0.05, 0) is 49.6 Å². The van der Waals surface area contributed by atoms with E-state index in [4.69, 9.17) is 4.42 Å².